The maximum absolute atomic E-state index is 12.4. The van der Waals surface area contributed by atoms with E-state index in [1.54, 1.807) is 4.90 Å². The van der Waals surface area contributed by atoms with Gasteiger partial charge >= 0.3 is 12.1 Å². The van der Waals surface area contributed by atoms with Gasteiger partial charge in [-0.25, -0.2) is 9.78 Å². The normalized spacial score (nSPS) is 17.3. The number of piperidine rings is 1. The molecule has 8 nitrogen and oxygen atoms in total. The number of rotatable bonds is 11. The fourth-order valence-electron chi connectivity index (χ4n) is 4.88. The van der Waals surface area contributed by atoms with Crippen LogP contribution in [-0.2, 0) is 22.4 Å². The molecule has 0 saturated carbocycles. The molecule has 39 heavy (non-hydrogen) atoms. The number of carbonyl (C=O) groups is 2. The Kier molecular flexibility index (Phi) is 9.63. The molecule has 2 atom stereocenters. The van der Waals surface area contributed by atoms with E-state index < -0.39 is 11.9 Å². The van der Waals surface area contributed by atoms with Crippen LogP contribution in [0.5, 0.6) is 5.75 Å². The molecule has 0 radical (unpaired) electrons. The Hall–Kier alpha value is -3.81. The molecule has 8 heteroatoms. The molecule has 4 rings (SSSR count). The Morgan fingerprint density at radius 1 is 1.10 bits per heavy atom. The lowest BCUT2D eigenvalue weighted by molar-refractivity contribution is -0.145. The second-order valence-corrected chi connectivity index (χ2v) is 10.6. The highest BCUT2D eigenvalue weighted by Gasteiger charge is 2.36. The van der Waals surface area contributed by atoms with Crippen LogP contribution in [0.2, 0.25) is 0 Å². The number of carboxylic acids is 1. The Labute approximate surface area is 229 Å². The van der Waals surface area contributed by atoms with E-state index in [-0.39, 0.29) is 17.9 Å². The molecule has 0 aliphatic carbocycles. The SMILES string of the molecule is Cc1oc(-c2ccccc2)nc1CCOc1ccc(CCC2CN(C(=O)OCC(C)C)CCC2C(=O)O)cc1. The highest BCUT2D eigenvalue weighted by molar-refractivity contribution is 5.72. The van der Waals surface area contributed by atoms with Crippen molar-refractivity contribution in [1.82, 2.24) is 9.88 Å². The van der Waals surface area contributed by atoms with Gasteiger partial charge in [-0.15, -0.1) is 0 Å². The van der Waals surface area contributed by atoms with Gasteiger partial charge < -0.3 is 23.9 Å². The molecule has 2 unspecified atom stereocenters. The van der Waals surface area contributed by atoms with E-state index in [1.807, 2.05) is 75.4 Å². The van der Waals surface area contributed by atoms with Gasteiger partial charge in [-0.3, -0.25) is 4.79 Å². The number of hydrogen-bond donors (Lipinski definition) is 1. The molecule has 1 aliphatic rings. The largest absolute Gasteiger partial charge is 0.493 e. The van der Waals surface area contributed by atoms with Crippen LogP contribution in [0.15, 0.2) is 59.0 Å². The highest BCUT2D eigenvalue weighted by atomic mass is 16.6. The first kappa shape index (κ1) is 28.2. The first-order valence-corrected chi connectivity index (χ1v) is 13.7. The van der Waals surface area contributed by atoms with Gasteiger partial charge in [0.05, 0.1) is 24.8 Å². The molecule has 0 spiro atoms. The number of aliphatic carboxylic acids is 1. The lowest BCUT2D eigenvalue weighted by Crippen LogP contribution is -2.46. The minimum atomic E-state index is -0.794. The van der Waals surface area contributed by atoms with Gasteiger partial charge in [-0.05, 0) is 67.9 Å². The molecule has 2 heterocycles. The summed E-state index contributed by atoms with van der Waals surface area (Å²) in [7, 11) is 0. The number of oxazole rings is 1. The van der Waals surface area contributed by atoms with Crippen molar-refractivity contribution in [3.05, 3.63) is 71.6 Å². The molecule has 1 N–H and O–H groups in total. The van der Waals surface area contributed by atoms with Gasteiger partial charge in [-0.1, -0.05) is 44.2 Å². The molecule has 3 aromatic rings. The van der Waals surface area contributed by atoms with E-state index in [2.05, 4.69) is 4.98 Å². The first-order valence-electron chi connectivity index (χ1n) is 13.7. The quantitative estimate of drug-likeness (QED) is 0.321. The average Bonchev–Trinajstić information content (AvgIpc) is 3.31. The Morgan fingerprint density at radius 2 is 1.85 bits per heavy atom. The Bertz CT molecular complexity index is 1220. The van der Waals surface area contributed by atoms with Crippen molar-refractivity contribution in [2.75, 3.05) is 26.3 Å². The molecule has 1 fully saturated rings. The fraction of sp³-hybridized carbons (Fsp3) is 0.452. The van der Waals surface area contributed by atoms with Gasteiger partial charge in [0.2, 0.25) is 5.89 Å². The number of likely N-dealkylation sites (tertiary alicyclic amines) is 1. The lowest BCUT2D eigenvalue weighted by atomic mass is 9.82. The summed E-state index contributed by atoms with van der Waals surface area (Å²) in [4.78, 5) is 30.6. The van der Waals surface area contributed by atoms with Crippen molar-refractivity contribution in [3.8, 4) is 17.2 Å². The van der Waals surface area contributed by atoms with Crippen LogP contribution in [-0.4, -0.2) is 53.4 Å². The molecule has 1 aromatic heterocycles. The van der Waals surface area contributed by atoms with E-state index in [1.165, 1.54) is 0 Å². The molecular formula is C31H38N2O6. The van der Waals surface area contributed by atoms with Gasteiger partial charge in [0.25, 0.3) is 0 Å². The molecule has 1 aliphatic heterocycles. The smallest absolute Gasteiger partial charge is 0.409 e. The molecular weight excluding hydrogens is 496 g/mol. The van der Waals surface area contributed by atoms with Crippen molar-refractivity contribution in [1.29, 1.82) is 0 Å². The summed E-state index contributed by atoms with van der Waals surface area (Å²) in [5.41, 5.74) is 2.93. The number of hydrogen-bond acceptors (Lipinski definition) is 6. The maximum Gasteiger partial charge on any atom is 0.409 e. The Balaban J connectivity index is 1.26. The average molecular weight is 535 g/mol. The molecule has 2 aromatic carbocycles. The topological polar surface area (TPSA) is 102 Å². The van der Waals surface area contributed by atoms with Crippen LogP contribution >= 0.6 is 0 Å². The fourth-order valence-corrected chi connectivity index (χ4v) is 4.88. The third-order valence-corrected chi connectivity index (χ3v) is 7.10. The van der Waals surface area contributed by atoms with Crippen molar-refractivity contribution in [3.63, 3.8) is 0 Å². The second-order valence-electron chi connectivity index (χ2n) is 10.6. The summed E-state index contributed by atoms with van der Waals surface area (Å²) in [6.07, 6.45) is 2.14. The number of nitrogens with zero attached hydrogens (tertiary/aromatic N) is 2. The van der Waals surface area contributed by atoms with Crippen LogP contribution in [0, 0.1) is 24.7 Å². The summed E-state index contributed by atoms with van der Waals surface area (Å²) in [6, 6.07) is 17.7. The summed E-state index contributed by atoms with van der Waals surface area (Å²) >= 11 is 0. The zero-order chi connectivity index (χ0) is 27.8. The van der Waals surface area contributed by atoms with Gasteiger partial charge in [0.15, 0.2) is 0 Å². The maximum atomic E-state index is 12.4. The first-order chi connectivity index (χ1) is 18.8. The number of ether oxygens (including phenoxy) is 2. The number of amides is 1. The monoisotopic (exact) mass is 534 g/mol. The molecule has 1 amide bonds. The third kappa shape index (κ3) is 7.85. The van der Waals surface area contributed by atoms with Crippen molar-refractivity contribution in [2.24, 2.45) is 17.8 Å². The number of carboxylic acid groups (broad SMARTS) is 1. The highest BCUT2D eigenvalue weighted by Crippen LogP contribution is 2.29. The summed E-state index contributed by atoms with van der Waals surface area (Å²) in [6.45, 7) is 7.55. The van der Waals surface area contributed by atoms with Crippen molar-refractivity contribution < 1.29 is 28.6 Å². The molecule has 0 bridgehead atoms. The number of aryl methyl sites for hydroxylation is 2. The predicted molar refractivity (Wildman–Crippen MR) is 148 cm³/mol. The van der Waals surface area contributed by atoms with Crippen LogP contribution in [0.25, 0.3) is 11.5 Å². The van der Waals surface area contributed by atoms with Crippen molar-refractivity contribution in [2.45, 2.75) is 46.5 Å². The zero-order valence-corrected chi connectivity index (χ0v) is 23.0. The third-order valence-electron chi connectivity index (χ3n) is 7.10. The van der Waals surface area contributed by atoms with E-state index >= 15 is 0 Å². The lowest BCUT2D eigenvalue weighted by Gasteiger charge is -2.36. The minimum absolute atomic E-state index is 0.120. The number of benzene rings is 2. The van der Waals surface area contributed by atoms with E-state index in [4.69, 9.17) is 13.9 Å². The van der Waals surface area contributed by atoms with E-state index in [0.717, 1.165) is 34.8 Å². The van der Waals surface area contributed by atoms with Crippen LogP contribution in [0.3, 0.4) is 0 Å². The minimum Gasteiger partial charge on any atom is -0.493 e. The van der Waals surface area contributed by atoms with E-state index in [9.17, 15) is 14.7 Å². The Morgan fingerprint density at radius 3 is 2.54 bits per heavy atom. The van der Waals surface area contributed by atoms with Gasteiger partial charge in [0.1, 0.15) is 11.5 Å². The van der Waals surface area contributed by atoms with Gasteiger partial charge in [0, 0.05) is 25.1 Å². The second kappa shape index (κ2) is 13.3. The summed E-state index contributed by atoms with van der Waals surface area (Å²) in [5, 5.41) is 9.72. The van der Waals surface area contributed by atoms with E-state index in [0.29, 0.717) is 51.5 Å². The van der Waals surface area contributed by atoms with Crippen LogP contribution in [0.1, 0.15) is 43.7 Å². The van der Waals surface area contributed by atoms with Gasteiger partial charge in [-0.2, -0.15) is 0 Å². The number of carbonyl (C=O) groups excluding carboxylic acids is 1. The number of aromatic nitrogens is 1. The standard InChI is InChI=1S/C31H38N2O6/c1-21(2)20-38-31(36)33-17-15-27(30(34)35)25(19-33)12-9-23-10-13-26(14-11-23)37-18-16-28-22(3)39-29(32-28)24-7-5-4-6-8-24/h4-8,10-11,13-14,21,25,27H,9,12,15-20H2,1-3H3,(H,34,35). The zero-order valence-electron chi connectivity index (χ0n) is 23.0. The summed E-state index contributed by atoms with van der Waals surface area (Å²) < 4.78 is 17.1. The summed E-state index contributed by atoms with van der Waals surface area (Å²) in [5.74, 6) is 1.06. The predicted octanol–water partition coefficient (Wildman–Crippen LogP) is 6.02. The molecule has 1 saturated heterocycles. The molecule has 208 valence electrons. The van der Waals surface area contributed by atoms with Crippen molar-refractivity contribution >= 4 is 12.1 Å². The van der Waals surface area contributed by atoms with Crippen LogP contribution in [0.4, 0.5) is 4.79 Å². The van der Waals surface area contributed by atoms with Crippen LogP contribution < -0.4 is 4.74 Å².